The van der Waals surface area contributed by atoms with Gasteiger partial charge in [-0.3, -0.25) is 24.0 Å². The number of carbonyl (C=O) groups excluding carboxylic acids is 5. The van der Waals surface area contributed by atoms with Gasteiger partial charge in [0.05, 0.1) is 77.6 Å². The molecule has 0 bridgehead atoms. The van der Waals surface area contributed by atoms with Crippen LogP contribution in [0.3, 0.4) is 0 Å². The number of ether oxygens (including phenoxy) is 14. The van der Waals surface area contributed by atoms with Crippen molar-refractivity contribution < 1.29 is 218 Å². The van der Waals surface area contributed by atoms with Gasteiger partial charge in [-0.15, -0.1) is 0 Å². The van der Waals surface area contributed by atoms with Crippen molar-refractivity contribution in [2.24, 2.45) is 0 Å². The summed E-state index contributed by atoms with van der Waals surface area (Å²) in [7, 11) is 0. The van der Waals surface area contributed by atoms with E-state index in [0.29, 0.717) is 0 Å². The van der Waals surface area contributed by atoms with Crippen LogP contribution in [0.4, 0.5) is 0 Å². The maximum Gasteiger partial charge on any atom is 0.364 e. The zero-order valence-electron chi connectivity index (χ0n) is 59.5. The predicted molar refractivity (Wildman–Crippen MR) is 342 cm³/mol. The van der Waals surface area contributed by atoms with Crippen molar-refractivity contribution in [3.05, 3.63) is 0 Å². The van der Waals surface area contributed by atoms with Crippen LogP contribution in [-0.2, 0) is 95.1 Å². The number of hydrogen-bond donors (Lipinski definition) is 29. The normalized spacial score (nSPS) is 42.8. The molecule has 7 heterocycles. The first kappa shape index (κ1) is 92.5. The molecule has 0 saturated carbocycles. The van der Waals surface area contributed by atoms with Crippen molar-refractivity contribution in [2.75, 3.05) is 59.5 Å². The standard InChI is InChI=1S/C61H103N5O44/c1-16(76)62-21(7-67)46(35(84)23(82)8-68)103-54-32(64-18(3)78)40(89)47(28(13-73)100-54)104-57-43(92)51(37(86)25(10-70)97-57)107-55-33(65-19(4)79)41(90)48(29(14-74)101-55)105-58-44(93)52(38(87)26(11-71)98-58)108-56-34(66-20(5)80)42(91)49(30(15-75)102-56)106-59-45(94)53(39(88)27(12-72)99-59)110-61(60(95)96)6-22(81)31(63-17(2)77)50(109-61)36(85)24(83)9-69/h21-59,67-75,81-94H,6-15H2,1-5H3,(H,62,76)(H,63,77)(H,64,78)(H,65,79)(H,66,80)(H,95,96)/t21-,22-,23+,24+,25+,26+,27+,28+,29+,30+,31+,32+,33+,34+,35-,36+,37-,38-,39-,40+,41+,42+,43+,44+,45+,46+,47+,48+,49+,50+,51-,52-,53-,54-,55-,56-,57-,58-,59-,61-/m0/s1. The van der Waals surface area contributed by atoms with Crippen molar-refractivity contribution in [3.63, 3.8) is 0 Å². The number of aliphatic hydroxyl groups excluding tert-OH is 23. The second-order valence-corrected chi connectivity index (χ2v) is 27.2. The molecule has 0 aromatic carbocycles. The molecule has 0 aromatic rings. The van der Waals surface area contributed by atoms with Crippen molar-refractivity contribution in [3.8, 4) is 0 Å². The first-order chi connectivity index (χ1) is 51.8. The lowest BCUT2D eigenvalue weighted by Crippen LogP contribution is -2.71. The quantitative estimate of drug-likeness (QED) is 0.0284. The van der Waals surface area contributed by atoms with Gasteiger partial charge < -0.3 is 215 Å². The van der Waals surface area contributed by atoms with Gasteiger partial charge in [-0.25, -0.2) is 4.79 Å². The molecule has 7 aliphatic heterocycles. The molecule has 0 spiro atoms. The van der Waals surface area contributed by atoms with Crippen LogP contribution in [-0.4, -0.2) is 462 Å². The molecule has 636 valence electrons. The third kappa shape index (κ3) is 21.1. The van der Waals surface area contributed by atoms with E-state index in [0.717, 1.165) is 34.6 Å². The van der Waals surface area contributed by atoms with Crippen molar-refractivity contribution >= 4 is 35.5 Å². The molecule has 5 amide bonds. The van der Waals surface area contributed by atoms with Crippen LogP contribution in [0.5, 0.6) is 0 Å². The molecule has 0 aromatic heterocycles. The van der Waals surface area contributed by atoms with E-state index in [-0.39, 0.29) is 0 Å². The summed E-state index contributed by atoms with van der Waals surface area (Å²) in [5.41, 5.74) is 0. The zero-order chi connectivity index (χ0) is 82.0. The average Bonchev–Trinajstić information content (AvgIpc) is 0.756. The van der Waals surface area contributed by atoms with E-state index in [9.17, 15) is 151 Å². The molecule has 40 atom stereocenters. The number of amides is 5. The topological polar surface area (TPSA) is 777 Å². The lowest BCUT2D eigenvalue weighted by molar-refractivity contribution is -0.391. The predicted octanol–water partition coefficient (Wildman–Crippen LogP) is -18.9. The third-order valence-electron chi connectivity index (χ3n) is 19.3. The summed E-state index contributed by atoms with van der Waals surface area (Å²) in [6.45, 7) is -5.46. The first-order valence-corrected chi connectivity index (χ1v) is 34.7. The molecule has 0 unspecified atom stereocenters. The molecule has 49 heteroatoms. The molecule has 29 N–H and O–H groups in total. The molecular weight excluding hydrogens is 1510 g/mol. The van der Waals surface area contributed by atoms with Crippen molar-refractivity contribution in [1.29, 1.82) is 0 Å². The number of carboxylic acid groups (broad SMARTS) is 1. The van der Waals surface area contributed by atoms with Crippen molar-refractivity contribution in [2.45, 2.75) is 286 Å². The van der Waals surface area contributed by atoms with E-state index in [1.165, 1.54) is 0 Å². The highest BCUT2D eigenvalue weighted by Gasteiger charge is 2.63. The Morgan fingerprint density at radius 2 is 0.718 bits per heavy atom. The summed E-state index contributed by atoms with van der Waals surface area (Å²) in [5.74, 6) is -9.87. The average molecular weight is 1610 g/mol. The monoisotopic (exact) mass is 1610 g/mol. The largest absolute Gasteiger partial charge is 0.477 e. The van der Waals surface area contributed by atoms with E-state index >= 15 is 0 Å². The zero-order valence-corrected chi connectivity index (χ0v) is 59.5. The summed E-state index contributed by atoms with van der Waals surface area (Å²) < 4.78 is 82.0. The van der Waals surface area contributed by atoms with Crippen molar-refractivity contribution in [1.82, 2.24) is 26.6 Å². The van der Waals surface area contributed by atoms with E-state index in [1.807, 2.05) is 0 Å². The fraction of sp³-hybridized carbons (Fsp3) is 0.902. The highest BCUT2D eigenvalue weighted by atomic mass is 16.8. The summed E-state index contributed by atoms with van der Waals surface area (Å²) in [4.78, 5) is 75.9. The number of carboxylic acids is 1. The first-order valence-electron chi connectivity index (χ1n) is 34.7. The van der Waals surface area contributed by atoms with Crippen LogP contribution < -0.4 is 26.6 Å². The highest BCUT2D eigenvalue weighted by Crippen LogP contribution is 2.41. The molecule has 110 heavy (non-hydrogen) atoms. The Bertz CT molecular complexity index is 2950. The van der Waals surface area contributed by atoms with Crippen LogP contribution in [0.25, 0.3) is 0 Å². The molecule has 7 fully saturated rings. The lowest BCUT2D eigenvalue weighted by atomic mass is 9.88. The summed E-state index contributed by atoms with van der Waals surface area (Å²) in [6, 6.07) is -9.08. The second-order valence-electron chi connectivity index (χ2n) is 27.2. The summed E-state index contributed by atoms with van der Waals surface area (Å²) >= 11 is 0. The van der Waals surface area contributed by atoms with Gasteiger partial charge >= 0.3 is 5.97 Å². The number of rotatable bonds is 34. The number of nitrogens with one attached hydrogen (secondary N) is 5. The minimum absolute atomic E-state index is 0.790. The molecule has 7 rings (SSSR count). The van der Waals surface area contributed by atoms with Crippen LogP contribution >= 0.6 is 0 Å². The third-order valence-corrected chi connectivity index (χ3v) is 19.3. The highest BCUT2D eigenvalue weighted by molar-refractivity contribution is 5.77. The Morgan fingerprint density at radius 3 is 1.05 bits per heavy atom. The maximum atomic E-state index is 13.1. The number of aliphatic hydroxyl groups is 23. The molecule has 0 radical (unpaired) electrons. The Kier molecular flexibility index (Phi) is 34.3. The molecule has 7 saturated heterocycles. The molecule has 0 aliphatic carbocycles. The minimum Gasteiger partial charge on any atom is -0.477 e. The lowest BCUT2D eigenvalue weighted by Gasteiger charge is -2.51. The SMILES string of the molecule is CC(=O)N[C@H]1[C@H](O[C@H]2[C@@H](O)[C@@H](CO)O[C@@H](O[C@H]3[C@H](O)[C@@H](NC(C)=O)[C@H](O[C@H]4[C@@H](O)[C@@H](CO)O[C@@H](O[C@H]5[C@H](O)[C@@H](NC(C)=O)[C@H](O[C@@H]([C@@H](O)[C@H](O)CO)[C@H](CO)NC(C)=O)O[C@@H]5CO)[C@@H]4O)O[C@@H]3CO)[C@@H]2O)O[C@H](CO)[C@@H](O[C@@H]2O[C@H](CO)[C@H](O)[C@H](O[C@]3(C(=O)O)C[C@H](O)[C@@H](NC(C)=O)[C@H]([C@H](O)[C@H](O)CO)O3)[C@H]2O)[C@@H]1O. The van der Waals surface area contributed by atoms with Gasteiger partial charge in [0, 0.05) is 41.0 Å². The number of aliphatic carboxylic acids is 1. The van der Waals surface area contributed by atoms with Crippen LogP contribution in [0.1, 0.15) is 41.0 Å². The minimum atomic E-state index is -3.26. The Morgan fingerprint density at radius 1 is 0.391 bits per heavy atom. The van der Waals surface area contributed by atoms with Gasteiger partial charge in [-0.2, -0.15) is 0 Å². The Labute approximate surface area is 623 Å². The molecule has 49 nitrogen and oxygen atoms in total. The van der Waals surface area contributed by atoms with Gasteiger partial charge in [-0.1, -0.05) is 0 Å². The van der Waals surface area contributed by atoms with Crippen LogP contribution in [0.15, 0.2) is 0 Å². The van der Waals surface area contributed by atoms with E-state index in [2.05, 4.69) is 26.6 Å². The summed E-state index contributed by atoms with van der Waals surface area (Å²) in [6.07, 6.45) is -73.5. The van der Waals surface area contributed by atoms with E-state index in [4.69, 9.17) is 66.3 Å². The number of hydrogen-bond acceptors (Lipinski definition) is 43. The van der Waals surface area contributed by atoms with Gasteiger partial charge in [-0.05, 0) is 0 Å². The fourth-order valence-electron chi connectivity index (χ4n) is 13.8. The van der Waals surface area contributed by atoms with Gasteiger partial charge in [0.2, 0.25) is 29.5 Å². The molecule has 7 aliphatic rings. The van der Waals surface area contributed by atoms with Gasteiger partial charge in [0.15, 0.2) is 37.7 Å². The summed E-state index contributed by atoms with van der Waals surface area (Å²) in [5, 5.41) is 276. The van der Waals surface area contributed by atoms with Crippen LogP contribution in [0.2, 0.25) is 0 Å². The van der Waals surface area contributed by atoms with E-state index in [1.54, 1.807) is 0 Å². The smallest absolute Gasteiger partial charge is 0.364 e. The Balaban J connectivity index is 1.10. The fourth-order valence-corrected chi connectivity index (χ4v) is 13.8. The second kappa shape index (κ2) is 40.8. The number of carbonyl (C=O) groups is 6. The maximum absolute atomic E-state index is 13.1. The Hall–Kier alpha value is -4.66. The van der Waals surface area contributed by atoms with Crippen LogP contribution in [0, 0.1) is 0 Å². The van der Waals surface area contributed by atoms with E-state index < -0.39 is 346 Å². The van der Waals surface area contributed by atoms with Gasteiger partial charge in [0.25, 0.3) is 5.79 Å². The molecular formula is C61H103N5O44. The van der Waals surface area contributed by atoms with Gasteiger partial charge in [0.1, 0.15) is 183 Å².